The molecule has 0 radical (unpaired) electrons. The van der Waals surface area contributed by atoms with Crippen LogP contribution >= 0.6 is 0 Å². The molecular weight excluding hydrogens is 306 g/mol. The molecule has 24 heavy (non-hydrogen) atoms. The molecule has 0 aliphatic heterocycles. The molecule has 1 aliphatic rings. The standard InChI is InChI=1S/C17H27N5O2/c1-22(14-5-3-2-4-6-14)17(23)13-7-8-15(20-9-10-24-19)16(11-13)21-12-18/h7-8,11-12,14,20H,2-6,9-10,19H2,1H3,(H2,18,21). The van der Waals surface area contributed by atoms with E-state index in [9.17, 15) is 4.79 Å². The van der Waals surface area contributed by atoms with Gasteiger partial charge in [0.1, 0.15) is 0 Å². The molecule has 0 unspecified atom stereocenters. The first-order valence-corrected chi connectivity index (χ1v) is 8.38. The lowest BCUT2D eigenvalue weighted by atomic mass is 9.94. The molecule has 5 N–H and O–H groups in total. The Morgan fingerprint density at radius 1 is 1.42 bits per heavy atom. The van der Waals surface area contributed by atoms with Crippen LogP contribution in [0, 0.1) is 0 Å². The number of hydrogen-bond acceptors (Lipinski definition) is 5. The summed E-state index contributed by atoms with van der Waals surface area (Å²) in [5, 5.41) is 3.16. The highest BCUT2D eigenvalue weighted by Gasteiger charge is 2.23. The van der Waals surface area contributed by atoms with Crippen molar-refractivity contribution in [3.05, 3.63) is 23.8 Å². The fraction of sp³-hybridized carbons (Fsp3) is 0.529. The molecule has 0 heterocycles. The van der Waals surface area contributed by atoms with Crippen LogP contribution in [0.15, 0.2) is 23.2 Å². The highest BCUT2D eigenvalue weighted by molar-refractivity contribution is 5.96. The SMILES string of the molecule is CN(C(=O)c1ccc(NCCON)c(N=CN)c1)C1CCCCC1. The van der Waals surface area contributed by atoms with E-state index in [1.165, 1.54) is 25.6 Å². The third-order valence-corrected chi connectivity index (χ3v) is 4.44. The molecule has 0 saturated heterocycles. The van der Waals surface area contributed by atoms with E-state index in [4.69, 9.17) is 11.6 Å². The summed E-state index contributed by atoms with van der Waals surface area (Å²) in [6.45, 7) is 0.912. The van der Waals surface area contributed by atoms with Gasteiger partial charge in [0, 0.05) is 25.2 Å². The Bertz CT molecular complexity index is 570. The smallest absolute Gasteiger partial charge is 0.253 e. The first-order chi connectivity index (χ1) is 11.7. The van der Waals surface area contributed by atoms with Gasteiger partial charge in [-0.25, -0.2) is 10.9 Å². The minimum atomic E-state index is 0.0206. The summed E-state index contributed by atoms with van der Waals surface area (Å²) in [4.78, 5) is 23.3. The van der Waals surface area contributed by atoms with E-state index < -0.39 is 0 Å². The number of nitrogens with one attached hydrogen (secondary N) is 1. The molecule has 0 bridgehead atoms. The molecule has 0 aromatic heterocycles. The van der Waals surface area contributed by atoms with Crippen LogP contribution in [0.5, 0.6) is 0 Å². The second kappa shape index (κ2) is 9.24. The van der Waals surface area contributed by atoms with Gasteiger partial charge in [0.15, 0.2) is 0 Å². The number of nitrogens with two attached hydrogens (primary N) is 2. The van der Waals surface area contributed by atoms with E-state index in [1.807, 2.05) is 24.1 Å². The van der Waals surface area contributed by atoms with E-state index in [0.29, 0.717) is 30.4 Å². The number of carbonyl (C=O) groups excluding carboxylic acids is 1. The number of nitrogens with zero attached hydrogens (tertiary/aromatic N) is 2. The summed E-state index contributed by atoms with van der Waals surface area (Å²) < 4.78 is 0. The van der Waals surface area contributed by atoms with Crippen molar-refractivity contribution in [1.82, 2.24) is 4.90 Å². The van der Waals surface area contributed by atoms with Crippen molar-refractivity contribution >= 4 is 23.6 Å². The first-order valence-electron chi connectivity index (χ1n) is 8.38. The fourth-order valence-electron chi connectivity index (χ4n) is 3.08. The van der Waals surface area contributed by atoms with Crippen LogP contribution < -0.4 is 16.9 Å². The maximum atomic E-state index is 12.8. The lowest BCUT2D eigenvalue weighted by Crippen LogP contribution is -2.38. The summed E-state index contributed by atoms with van der Waals surface area (Å²) in [6, 6.07) is 5.73. The first kappa shape index (κ1) is 18.2. The van der Waals surface area contributed by atoms with Gasteiger partial charge in [-0.3, -0.25) is 4.79 Å². The fourth-order valence-corrected chi connectivity index (χ4v) is 3.08. The van der Waals surface area contributed by atoms with Crippen LogP contribution in [0.2, 0.25) is 0 Å². The van der Waals surface area contributed by atoms with Crippen LogP contribution in [0.25, 0.3) is 0 Å². The summed E-state index contributed by atoms with van der Waals surface area (Å²) >= 11 is 0. The van der Waals surface area contributed by atoms with Crippen molar-refractivity contribution in [2.24, 2.45) is 16.6 Å². The van der Waals surface area contributed by atoms with Crippen LogP contribution in [0.1, 0.15) is 42.5 Å². The highest BCUT2D eigenvalue weighted by Crippen LogP contribution is 2.28. The molecule has 1 aliphatic carbocycles. The third-order valence-electron chi connectivity index (χ3n) is 4.44. The molecule has 0 atom stereocenters. The Kier molecular flexibility index (Phi) is 7.02. The average molecular weight is 333 g/mol. The molecular formula is C17H27N5O2. The number of aliphatic imine (C=N–C) groups is 1. The third kappa shape index (κ3) is 4.69. The van der Waals surface area contributed by atoms with Crippen molar-refractivity contribution in [2.45, 2.75) is 38.1 Å². The van der Waals surface area contributed by atoms with Gasteiger partial charge >= 0.3 is 0 Å². The van der Waals surface area contributed by atoms with E-state index in [2.05, 4.69) is 15.1 Å². The molecule has 0 spiro atoms. The Hall–Kier alpha value is -2.12. The summed E-state index contributed by atoms with van der Waals surface area (Å²) in [6.07, 6.45) is 7.03. The maximum absolute atomic E-state index is 12.8. The van der Waals surface area contributed by atoms with Crippen molar-refractivity contribution < 1.29 is 9.63 Å². The van der Waals surface area contributed by atoms with Crippen molar-refractivity contribution in [3.63, 3.8) is 0 Å². The van der Waals surface area contributed by atoms with E-state index in [0.717, 1.165) is 18.5 Å². The molecule has 7 nitrogen and oxygen atoms in total. The van der Waals surface area contributed by atoms with Crippen LogP contribution in [-0.4, -0.2) is 43.4 Å². The molecule has 7 heteroatoms. The second-order valence-corrected chi connectivity index (χ2v) is 6.02. The maximum Gasteiger partial charge on any atom is 0.253 e. The van der Waals surface area contributed by atoms with Gasteiger partial charge in [-0.15, -0.1) is 0 Å². The molecule has 2 rings (SSSR count). The van der Waals surface area contributed by atoms with Gasteiger partial charge < -0.3 is 20.8 Å². The van der Waals surface area contributed by atoms with Gasteiger partial charge in [0.25, 0.3) is 5.91 Å². The monoisotopic (exact) mass is 333 g/mol. The quantitative estimate of drug-likeness (QED) is 0.306. The van der Waals surface area contributed by atoms with Gasteiger partial charge in [0.2, 0.25) is 0 Å². The number of benzene rings is 1. The van der Waals surface area contributed by atoms with Crippen molar-refractivity contribution in [3.8, 4) is 0 Å². The van der Waals surface area contributed by atoms with Crippen LogP contribution in [0.4, 0.5) is 11.4 Å². The average Bonchev–Trinajstić information content (AvgIpc) is 2.63. The lowest BCUT2D eigenvalue weighted by Gasteiger charge is -2.31. The number of carbonyl (C=O) groups is 1. The van der Waals surface area contributed by atoms with Gasteiger partial charge in [-0.2, -0.15) is 0 Å². The number of amides is 1. The van der Waals surface area contributed by atoms with E-state index in [1.54, 1.807) is 6.07 Å². The minimum absolute atomic E-state index is 0.0206. The predicted molar refractivity (Wildman–Crippen MR) is 96.4 cm³/mol. The van der Waals surface area contributed by atoms with E-state index in [-0.39, 0.29) is 5.91 Å². The number of anilines is 1. The zero-order valence-electron chi connectivity index (χ0n) is 14.2. The molecule has 132 valence electrons. The largest absolute Gasteiger partial charge is 0.390 e. The minimum Gasteiger partial charge on any atom is -0.390 e. The van der Waals surface area contributed by atoms with Crippen molar-refractivity contribution in [1.29, 1.82) is 0 Å². The summed E-state index contributed by atoms with van der Waals surface area (Å²) in [5.41, 5.74) is 7.45. The van der Waals surface area contributed by atoms with Crippen LogP contribution in [-0.2, 0) is 4.84 Å². The molecule has 1 aromatic carbocycles. The Balaban J connectivity index is 2.13. The molecule has 1 aromatic rings. The molecule has 1 fully saturated rings. The predicted octanol–water partition coefficient (Wildman–Crippen LogP) is 2.01. The zero-order valence-corrected chi connectivity index (χ0v) is 14.2. The van der Waals surface area contributed by atoms with Crippen LogP contribution in [0.3, 0.4) is 0 Å². The zero-order chi connectivity index (χ0) is 17.4. The second-order valence-electron chi connectivity index (χ2n) is 6.02. The Morgan fingerprint density at radius 2 is 2.17 bits per heavy atom. The number of hydrogen-bond donors (Lipinski definition) is 3. The Morgan fingerprint density at radius 3 is 2.83 bits per heavy atom. The van der Waals surface area contributed by atoms with Gasteiger partial charge in [-0.1, -0.05) is 19.3 Å². The molecule has 1 saturated carbocycles. The van der Waals surface area contributed by atoms with E-state index >= 15 is 0 Å². The number of rotatable bonds is 7. The van der Waals surface area contributed by atoms with Gasteiger partial charge in [0.05, 0.1) is 24.3 Å². The van der Waals surface area contributed by atoms with Gasteiger partial charge in [-0.05, 0) is 31.0 Å². The lowest BCUT2D eigenvalue weighted by molar-refractivity contribution is 0.0696. The highest BCUT2D eigenvalue weighted by atomic mass is 16.6. The molecule has 1 amide bonds. The topological polar surface area (TPSA) is 106 Å². The normalized spacial score (nSPS) is 15.6. The van der Waals surface area contributed by atoms with Crippen molar-refractivity contribution in [2.75, 3.05) is 25.5 Å². The summed E-state index contributed by atoms with van der Waals surface area (Å²) in [7, 11) is 1.88. The summed E-state index contributed by atoms with van der Waals surface area (Å²) in [5.74, 6) is 5.04. The Labute approximate surface area is 143 Å².